The molecule has 0 bridgehead atoms. The first-order chi connectivity index (χ1) is 9.30. The minimum absolute atomic E-state index is 0.729. The van der Waals surface area contributed by atoms with E-state index in [2.05, 4.69) is 38.2 Å². The molecule has 0 fully saturated rings. The zero-order valence-corrected chi connectivity index (χ0v) is 12.0. The molecule has 1 N–H and O–H groups in total. The molecule has 3 nitrogen and oxygen atoms in total. The number of fused-ring (bicyclic) bond motifs is 1. The van der Waals surface area contributed by atoms with Crippen molar-refractivity contribution in [2.45, 2.75) is 33.6 Å². The summed E-state index contributed by atoms with van der Waals surface area (Å²) in [5, 5.41) is 4.48. The molecule has 0 saturated carbocycles. The first-order valence-electron chi connectivity index (χ1n) is 7.09. The zero-order valence-electron chi connectivity index (χ0n) is 12.0. The number of ether oxygens (including phenoxy) is 1. The van der Waals surface area contributed by atoms with E-state index in [4.69, 9.17) is 9.72 Å². The maximum Gasteiger partial charge on any atom is 0.145 e. The van der Waals surface area contributed by atoms with Crippen LogP contribution in [0.4, 0.5) is 5.82 Å². The van der Waals surface area contributed by atoms with Crippen molar-refractivity contribution in [2.75, 3.05) is 18.5 Å². The van der Waals surface area contributed by atoms with Gasteiger partial charge in [0.2, 0.25) is 0 Å². The minimum atomic E-state index is 0.729. The maximum absolute atomic E-state index is 5.78. The van der Waals surface area contributed by atoms with Gasteiger partial charge in [-0.1, -0.05) is 26.0 Å². The number of nitrogens with zero attached hydrogens (tertiary/aromatic N) is 1. The van der Waals surface area contributed by atoms with Gasteiger partial charge in [0.05, 0.1) is 6.61 Å². The van der Waals surface area contributed by atoms with Gasteiger partial charge < -0.3 is 10.1 Å². The monoisotopic (exact) mass is 258 g/mol. The zero-order chi connectivity index (χ0) is 13.7. The van der Waals surface area contributed by atoms with Crippen LogP contribution in [-0.2, 0) is 6.42 Å². The Hall–Kier alpha value is -1.77. The van der Waals surface area contributed by atoms with Gasteiger partial charge in [0.15, 0.2) is 0 Å². The van der Waals surface area contributed by atoms with E-state index in [0.29, 0.717) is 0 Å². The number of hydrogen-bond donors (Lipinski definition) is 1. The predicted octanol–water partition coefficient (Wildman–Crippen LogP) is 4.02. The van der Waals surface area contributed by atoms with Crippen molar-refractivity contribution < 1.29 is 4.74 Å². The summed E-state index contributed by atoms with van der Waals surface area (Å²) < 4.78 is 5.78. The normalized spacial score (nSPS) is 10.7. The summed E-state index contributed by atoms with van der Waals surface area (Å²) >= 11 is 0. The molecular weight excluding hydrogens is 236 g/mol. The topological polar surface area (TPSA) is 34.1 Å². The van der Waals surface area contributed by atoms with Crippen LogP contribution in [-0.4, -0.2) is 18.1 Å². The first-order valence-corrected chi connectivity index (χ1v) is 7.09. The molecule has 0 atom stereocenters. The lowest BCUT2D eigenvalue weighted by molar-refractivity contribution is 0.320. The number of hydrogen-bond acceptors (Lipinski definition) is 3. The lowest BCUT2D eigenvalue weighted by Gasteiger charge is -2.13. The van der Waals surface area contributed by atoms with E-state index in [1.54, 1.807) is 0 Å². The van der Waals surface area contributed by atoms with Gasteiger partial charge in [0.25, 0.3) is 0 Å². The molecule has 0 aliphatic heterocycles. The van der Waals surface area contributed by atoms with Gasteiger partial charge >= 0.3 is 0 Å². The lowest BCUT2D eigenvalue weighted by atomic mass is 10.1. The Bertz CT molecular complexity index is 552. The number of anilines is 1. The van der Waals surface area contributed by atoms with Crippen LogP contribution in [0.15, 0.2) is 24.3 Å². The molecule has 1 heterocycles. The highest BCUT2D eigenvalue weighted by Crippen LogP contribution is 2.28. The molecule has 0 spiro atoms. The van der Waals surface area contributed by atoms with Crippen LogP contribution >= 0.6 is 0 Å². The van der Waals surface area contributed by atoms with Crippen molar-refractivity contribution in [2.24, 2.45) is 0 Å². The number of aryl methyl sites for hydroxylation is 1. The van der Waals surface area contributed by atoms with E-state index in [0.717, 1.165) is 48.5 Å². The molecular formula is C16H22N2O. The third-order valence-corrected chi connectivity index (χ3v) is 3.07. The Kier molecular flexibility index (Phi) is 4.61. The summed E-state index contributed by atoms with van der Waals surface area (Å²) in [6.45, 7) is 7.96. The van der Waals surface area contributed by atoms with Crippen molar-refractivity contribution in [1.29, 1.82) is 0 Å². The van der Waals surface area contributed by atoms with Crippen LogP contribution in [0.25, 0.3) is 10.9 Å². The van der Waals surface area contributed by atoms with E-state index in [-0.39, 0.29) is 0 Å². The summed E-state index contributed by atoms with van der Waals surface area (Å²) in [6, 6.07) is 8.32. The third kappa shape index (κ3) is 2.98. The highest BCUT2D eigenvalue weighted by atomic mass is 16.5. The van der Waals surface area contributed by atoms with Crippen molar-refractivity contribution in [1.82, 2.24) is 4.98 Å². The average Bonchev–Trinajstić information content (AvgIpc) is 2.44. The van der Waals surface area contributed by atoms with Gasteiger partial charge in [-0.15, -0.1) is 0 Å². The third-order valence-electron chi connectivity index (χ3n) is 3.07. The van der Waals surface area contributed by atoms with Gasteiger partial charge in [0, 0.05) is 11.9 Å². The molecule has 1 aromatic carbocycles. The molecule has 2 aromatic rings. The summed E-state index contributed by atoms with van der Waals surface area (Å²) in [7, 11) is 0. The van der Waals surface area contributed by atoms with Gasteiger partial charge in [-0.3, -0.25) is 0 Å². The first kappa shape index (κ1) is 13.7. The number of rotatable bonds is 6. The predicted molar refractivity (Wildman–Crippen MR) is 81.1 cm³/mol. The molecule has 3 heteroatoms. The summed E-state index contributed by atoms with van der Waals surface area (Å²) in [6.07, 6.45) is 1.98. The summed E-state index contributed by atoms with van der Waals surface area (Å²) in [4.78, 5) is 4.75. The molecule has 0 amide bonds. The molecule has 19 heavy (non-hydrogen) atoms. The van der Waals surface area contributed by atoms with E-state index < -0.39 is 0 Å². The van der Waals surface area contributed by atoms with Gasteiger partial charge in [-0.2, -0.15) is 0 Å². The fourth-order valence-corrected chi connectivity index (χ4v) is 2.13. The van der Waals surface area contributed by atoms with Crippen molar-refractivity contribution in [3.63, 3.8) is 0 Å². The van der Waals surface area contributed by atoms with Crippen LogP contribution in [0.1, 0.15) is 32.8 Å². The fourth-order valence-electron chi connectivity index (χ4n) is 2.13. The molecule has 2 rings (SSSR count). The van der Waals surface area contributed by atoms with Gasteiger partial charge in [-0.25, -0.2) is 4.98 Å². The molecule has 0 aliphatic carbocycles. The number of nitrogens with one attached hydrogen (secondary N) is 1. The van der Waals surface area contributed by atoms with Crippen molar-refractivity contribution in [3.05, 3.63) is 29.8 Å². The second-order valence-corrected chi connectivity index (χ2v) is 4.56. The van der Waals surface area contributed by atoms with Crippen LogP contribution < -0.4 is 10.1 Å². The molecule has 102 valence electrons. The minimum Gasteiger partial charge on any atom is -0.491 e. The van der Waals surface area contributed by atoms with E-state index in [9.17, 15) is 0 Å². The number of aromatic nitrogens is 1. The molecule has 0 aliphatic rings. The Balaban J connectivity index is 2.51. The Labute approximate surface area is 115 Å². The molecule has 1 aromatic heterocycles. The Morgan fingerprint density at radius 3 is 2.74 bits per heavy atom. The average molecular weight is 258 g/mol. The molecule has 0 radical (unpaired) electrons. The van der Waals surface area contributed by atoms with E-state index in [1.165, 1.54) is 5.56 Å². The van der Waals surface area contributed by atoms with Crippen LogP contribution in [0.5, 0.6) is 5.75 Å². The van der Waals surface area contributed by atoms with Gasteiger partial charge in [-0.05, 0) is 37.5 Å². The number of benzene rings is 1. The summed E-state index contributed by atoms with van der Waals surface area (Å²) in [5.74, 6) is 1.85. The van der Waals surface area contributed by atoms with Gasteiger partial charge in [0.1, 0.15) is 17.1 Å². The molecule has 0 unspecified atom stereocenters. The van der Waals surface area contributed by atoms with E-state index >= 15 is 0 Å². The second-order valence-electron chi connectivity index (χ2n) is 4.56. The number of pyridine rings is 1. The standard InChI is InChI=1S/C16H22N2O/c1-4-10-19-14-9-7-8-13-11-12(5-2)16(17-6-3)18-15(13)14/h7-9,11H,4-6,10H2,1-3H3,(H,17,18). The highest BCUT2D eigenvalue weighted by Gasteiger charge is 2.08. The fraction of sp³-hybridized carbons (Fsp3) is 0.438. The Morgan fingerprint density at radius 2 is 2.05 bits per heavy atom. The van der Waals surface area contributed by atoms with Crippen LogP contribution in [0.3, 0.4) is 0 Å². The largest absolute Gasteiger partial charge is 0.491 e. The quantitative estimate of drug-likeness (QED) is 0.849. The summed E-state index contributed by atoms with van der Waals surface area (Å²) in [5.41, 5.74) is 2.20. The SMILES string of the molecule is CCCOc1cccc2cc(CC)c(NCC)nc12. The Morgan fingerprint density at radius 1 is 1.21 bits per heavy atom. The highest BCUT2D eigenvalue weighted by molar-refractivity contribution is 5.87. The van der Waals surface area contributed by atoms with Crippen molar-refractivity contribution in [3.8, 4) is 5.75 Å². The van der Waals surface area contributed by atoms with E-state index in [1.807, 2.05) is 12.1 Å². The van der Waals surface area contributed by atoms with Crippen molar-refractivity contribution >= 4 is 16.7 Å². The number of para-hydroxylation sites is 1. The molecule has 0 saturated heterocycles. The smallest absolute Gasteiger partial charge is 0.145 e. The van der Waals surface area contributed by atoms with Crippen LogP contribution in [0, 0.1) is 0 Å². The van der Waals surface area contributed by atoms with Crippen LogP contribution in [0.2, 0.25) is 0 Å². The second kappa shape index (κ2) is 6.41. The maximum atomic E-state index is 5.78. The lowest BCUT2D eigenvalue weighted by Crippen LogP contribution is -2.04.